The third-order valence-electron chi connectivity index (χ3n) is 4.42. The van der Waals surface area contributed by atoms with E-state index in [0.717, 1.165) is 24.3 Å². The van der Waals surface area contributed by atoms with Gasteiger partial charge in [-0.1, -0.05) is 33.6 Å². The molecule has 102 valence electrons. The van der Waals surface area contributed by atoms with Crippen molar-refractivity contribution in [2.45, 2.75) is 52.9 Å². The fourth-order valence-corrected chi connectivity index (χ4v) is 3.11. The zero-order valence-electron chi connectivity index (χ0n) is 12.1. The van der Waals surface area contributed by atoms with Gasteiger partial charge in [-0.05, 0) is 50.1 Å². The molecule has 0 saturated carbocycles. The Morgan fingerprint density at radius 2 is 1.76 bits per heavy atom. The van der Waals surface area contributed by atoms with Gasteiger partial charge >= 0.3 is 0 Å². The van der Waals surface area contributed by atoms with Crippen molar-refractivity contribution < 1.29 is 0 Å². The molecule has 1 rings (SSSR count). The molecule has 2 N–H and O–H groups in total. The standard InChI is InChI=1S/C15H32N2/c1-4-6-15(8-9-16)7-5-10-17-11-13(2)14(3)12-17/h13-15H,4-12,16H2,1-3H3. The number of nitrogens with two attached hydrogens (primary N) is 1. The van der Waals surface area contributed by atoms with Crippen LogP contribution in [0.4, 0.5) is 0 Å². The first-order valence-corrected chi connectivity index (χ1v) is 7.59. The van der Waals surface area contributed by atoms with Gasteiger partial charge in [0.25, 0.3) is 0 Å². The second-order valence-corrected chi connectivity index (χ2v) is 6.09. The summed E-state index contributed by atoms with van der Waals surface area (Å²) < 4.78 is 0. The van der Waals surface area contributed by atoms with E-state index in [0.29, 0.717) is 0 Å². The van der Waals surface area contributed by atoms with E-state index >= 15 is 0 Å². The largest absolute Gasteiger partial charge is 0.330 e. The fourth-order valence-electron chi connectivity index (χ4n) is 3.11. The number of hydrogen-bond donors (Lipinski definition) is 1. The summed E-state index contributed by atoms with van der Waals surface area (Å²) in [7, 11) is 0. The molecule has 3 atom stereocenters. The first-order chi connectivity index (χ1) is 8.17. The molecule has 2 heteroatoms. The summed E-state index contributed by atoms with van der Waals surface area (Å²) in [4.78, 5) is 2.65. The molecule has 1 saturated heterocycles. The third kappa shape index (κ3) is 5.39. The summed E-state index contributed by atoms with van der Waals surface area (Å²) >= 11 is 0. The van der Waals surface area contributed by atoms with Crippen LogP contribution in [0.25, 0.3) is 0 Å². The van der Waals surface area contributed by atoms with Gasteiger partial charge in [-0.15, -0.1) is 0 Å². The summed E-state index contributed by atoms with van der Waals surface area (Å²) in [6, 6.07) is 0. The van der Waals surface area contributed by atoms with Crippen LogP contribution in [0.2, 0.25) is 0 Å². The maximum Gasteiger partial charge on any atom is 0.00102 e. The van der Waals surface area contributed by atoms with Crippen LogP contribution in [0, 0.1) is 17.8 Å². The average Bonchev–Trinajstić information content (AvgIpc) is 2.59. The van der Waals surface area contributed by atoms with Crippen molar-refractivity contribution in [3.63, 3.8) is 0 Å². The smallest absolute Gasteiger partial charge is 0.00102 e. The molecule has 0 aromatic rings. The zero-order chi connectivity index (χ0) is 12.7. The van der Waals surface area contributed by atoms with Crippen molar-refractivity contribution in [1.29, 1.82) is 0 Å². The molecule has 0 aliphatic carbocycles. The molecule has 17 heavy (non-hydrogen) atoms. The molecular weight excluding hydrogens is 208 g/mol. The summed E-state index contributed by atoms with van der Waals surface area (Å²) in [5.74, 6) is 2.67. The van der Waals surface area contributed by atoms with E-state index in [1.807, 2.05) is 0 Å². The maximum absolute atomic E-state index is 5.68. The lowest BCUT2D eigenvalue weighted by molar-refractivity contribution is 0.296. The molecule has 1 aliphatic heterocycles. The quantitative estimate of drug-likeness (QED) is 0.706. The highest BCUT2D eigenvalue weighted by Crippen LogP contribution is 2.23. The van der Waals surface area contributed by atoms with Gasteiger partial charge in [-0.2, -0.15) is 0 Å². The molecule has 1 heterocycles. The van der Waals surface area contributed by atoms with Crippen molar-refractivity contribution in [2.75, 3.05) is 26.2 Å². The van der Waals surface area contributed by atoms with E-state index in [2.05, 4.69) is 25.7 Å². The van der Waals surface area contributed by atoms with Gasteiger partial charge in [-0.25, -0.2) is 0 Å². The molecule has 1 fully saturated rings. The summed E-state index contributed by atoms with van der Waals surface area (Å²) in [6.07, 6.45) is 6.64. The molecule has 0 amide bonds. The van der Waals surface area contributed by atoms with Gasteiger partial charge in [0.1, 0.15) is 0 Å². The van der Waals surface area contributed by atoms with E-state index < -0.39 is 0 Å². The highest BCUT2D eigenvalue weighted by atomic mass is 15.1. The maximum atomic E-state index is 5.68. The molecular formula is C15H32N2. The lowest BCUT2D eigenvalue weighted by atomic mass is 9.94. The van der Waals surface area contributed by atoms with Crippen LogP contribution in [-0.2, 0) is 0 Å². The van der Waals surface area contributed by atoms with E-state index in [1.165, 1.54) is 51.7 Å². The Labute approximate surface area is 108 Å². The van der Waals surface area contributed by atoms with Gasteiger partial charge in [0, 0.05) is 13.1 Å². The summed E-state index contributed by atoms with van der Waals surface area (Å²) in [5, 5.41) is 0. The van der Waals surface area contributed by atoms with Crippen LogP contribution < -0.4 is 5.73 Å². The topological polar surface area (TPSA) is 29.3 Å². The van der Waals surface area contributed by atoms with E-state index in [4.69, 9.17) is 5.73 Å². The number of rotatable bonds is 8. The zero-order valence-corrected chi connectivity index (χ0v) is 12.1. The van der Waals surface area contributed by atoms with E-state index in [9.17, 15) is 0 Å². The van der Waals surface area contributed by atoms with Gasteiger partial charge < -0.3 is 10.6 Å². The third-order valence-corrected chi connectivity index (χ3v) is 4.42. The predicted octanol–water partition coefficient (Wildman–Crippen LogP) is 3.12. The molecule has 3 unspecified atom stereocenters. The molecule has 0 spiro atoms. The summed E-state index contributed by atoms with van der Waals surface area (Å²) in [5.41, 5.74) is 5.68. The summed E-state index contributed by atoms with van der Waals surface area (Å²) in [6.45, 7) is 11.9. The Bertz CT molecular complexity index is 175. The number of nitrogens with zero attached hydrogens (tertiary/aromatic N) is 1. The van der Waals surface area contributed by atoms with E-state index in [1.54, 1.807) is 0 Å². The minimum absolute atomic E-state index is 0.864. The van der Waals surface area contributed by atoms with Crippen LogP contribution >= 0.6 is 0 Å². The minimum Gasteiger partial charge on any atom is -0.330 e. The fraction of sp³-hybridized carbons (Fsp3) is 1.00. The molecule has 0 bridgehead atoms. The second kappa shape index (κ2) is 8.10. The highest BCUT2D eigenvalue weighted by molar-refractivity contribution is 4.78. The van der Waals surface area contributed by atoms with Crippen LogP contribution in [-0.4, -0.2) is 31.1 Å². The second-order valence-electron chi connectivity index (χ2n) is 6.09. The van der Waals surface area contributed by atoms with Crippen molar-refractivity contribution in [3.8, 4) is 0 Å². The van der Waals surface area contributed by atoms with Crippen molar-refractivity contribution >= 4 is 0 Å². The van der Waals surface area contributed by atoms with Crippen molar-refractivity contribution in [1.82, 2.24) is 4.90 Å². The Kier molecular flexibility index (Phi) is 7.14. The van der Waals surface area contributed by atoms with Gasteiger partial charge in [0.2, 0.25) is 0 Å². The van der Waals surface area contributed by atoms with Gasteiger partial charge in [-0.3, -0.25) is 0 Å². The highest BCUT2D eigenvalue weighted by Gasteiger charge is 2.25. The Morgan fingerprint density at radius 3 is 2.29 bits per heavy atom. The van der Waals surface area contributed by atoms with Gasteiger partial charge in [0.05, 0.1) is 0 Å². The van der Waals surface area contributed by atoms with Crippen LogP contribution in [0.5, 0.6) is 0 Å². The average molecular weight is 240 g/mol. The Morgan fingerprint density at radius 1 is 1.12 bits per heavy atom. The predicted molar refractivity (Wildman–Crippen MR) is 76.1 cm³/mol. The monoisotopic (exact) mass is 240 g/mol. The normalized spacial score (nSPS) is 27.5. The van der Waals surface area contributed by atoms with E-state index in [-0.39, 0.29) is 0 Å². The Balaban J connectivity index is 2.13. The Hall–Kier alpha value is -0.0800. The van der Waals surface area contributed by atoms with Crippen LogP contribution in [0.1, 0.15) is 52.9 Å². The van der Waals surface area contributed by atoms with Gasteiger partial charge in [0.15, 0.2) is 0 Å². The van der Waals surface area contributed by atoms with Crippen molar-refractivity contribution in [2.24, 2.45) is 23.5 Å². The molecule has 1 aliphatic rings. The molecule has 0 radical (unpaired) electrons. The molecule has 2 nitrogen and oxygen atoms in total. The lowest BCUT2D eigenvalue weighted by Gasteiger charge is -2.19. The minimum atomic E-state index is 0.864. The van der Waals surface area contributed by atoms with Crippen LogP contribution in [0.3, 0.4) is 0 Å². The SMILES string of the molecule is CCCC(CCN)CCCN1CC(C)C(C)C1. The molecule has 0 aromatic carbocycles. The first kappa shape index (κ1) is 15.0. The van der Waals surface area contributed by atoms with Crippen molar-refractivity contribution in [3.05, 3.63) is 0 Å². The lowest BCUT2D eigenvalue weighted by Crippen LogP contribution is -2.22. The number of hydrogen-bond acceptors (Lipinski definition) is 2. The number of likely N-dealkylation sites (tertiary alicyclic amines) is 1. The first-order valence-electron chi connectivity index (χ1n) is 7.59. The molecule has 0 aromatic heterocycles. The van der Waals surface area contributed by atoms with Crippen LogP contribution in [0.15, 0.2) is 0 Å².